The molecule has 15 aromatic rings. The molecule has 9 aromatic carbocycles. The summed E-state index contributed by atoms with van der Waals surface area (Å²) in [6, 6.07) is 84.6. The Labute approximate surface area is 797 Å². The van der Waals surface area contributed by atoms with E-state index in [1.165, 1.54) is 5.56 Å². The minimum Gasteiger partial charge on any atom is -0.507 e. The van der Waals surface area contributed by atoms with Crippen LogP contribution in [0.1, 0.15) is 203 Å². The first-order valence-corrected chi connectivity index (χ1v) is 45.0. The monoisotopic (exact) mass is 1990 g/mol. The predicted octanol–water partition coefficient (Wildman–Crippen LogP) is 27.9. The van der Waals surface area contributed by atoms with Crippen LogP contribution >= 0.6 is 15.9 Å². The van der Waals surface area contributed by atoms with Gasteiger partial charge in [-0.3, -0.25) is 14.1 Å². The third-order valence-corrected chi connectivity index (χ3v) is 24.2. The number of rotatable bonds is 15. The van der Waals surface area contributed by atoms with Crippen molar-refractivity contribution in [3.05, 3.63) is 328 Å². The quantitative estimate of drug-likeness (QED) is 0.0647. The van der Waals surface area contributed by atoms with Gasteiger partial charge in [-0.2, -0.15) is 0 Å². The van der Waals surface area contributed by atoms with Crippen LogP contribution in [0.2, 0.25) is 0 Å². The van der Waals surface area contributed by atoms with E-state index in [1.807, 2.05) is 217 Å². The van der Waals surface area contributed by atoms with Gasteiger partial charge in [0.25, 0.3) is 0 Å². The van der Waals surface area contributed by atoms with E-state index < -0.39 is 7.12 Å². The standard InChI is InChI=1S/C35H37N3O2.C35H36N3O2.C24H29BrN2O.C17H20BNO3.Pt/c2*1-23-31(24-14-13-17-27(20-24)40-30-18-11-12-19-36-30)37-33(38(23)26-15-9-8-10-16-26)28-21-25(34(2,3)4)22-29(32(28)39)35(5,6)7;1-15-21(25)26-22(27(15)17-11-9-8-10-12-17)18-13-16(23(2,3)4)14-19(20(18)28)24(5,6)7;1-16(2)17(3,4)22-18(21-16)13-8-7-9-14(12-13)20-15-10-5-6-11-19-15;/h8-22,39H,1-7H3;8-19,21-22,39H,1-7H3;8-14,28H,1-7H3;5-12H,1-4H3;/q;-1;;;. The van der Waals surface area contributed by atoms with E-state index in [2.05, 4.69) is 255 Å². The average molecular weight is 2000 g/mol. The Balaban J connectivity index is 0.000000161. The number of benzene rings is 9. The minimum atomic E-state index is -0.391. The van der Waals surface area contributed by atoms with Gasteiger partial charge in [-0.05, 0) is 216 Å². The van der Waals surface area contributed by atoms with Crippen LogP contribution < -0.4 is 19.7 Å². The Morgan fingerprint density at radius 3 is 1.08 bits per heavy atom. The number of halogens is 1. The zero-order valence-electron chi connectivity index (χ0n) is 80.1. The average Bonchev–Trinajstić information content (AvgIpc) is 1.65. The first-order chi connectivity index (χ1) is 61.1. The second-order valence-electron chi connectivity index (χ2n) is 40.3. The van der Waals surface area contributed by atoms with Crippen molar-refractivity contribution in [2.24, 2.45) is 0 Å². The van der Waals surface area contributed by atoms with E-state index >= 15 is 0 Å². The number of phenolic OH excluding ortho intramolecular Hbond substituents is 3. The van der Waals surface area contributed by atoms with E-state index in [1.54, 1.807) is 18.6 Å². The molecule has 0 aliphatic carbocycles. The van der Waals surface area contributed by atoms with Crippen LogP contribution in [0.4, 0.5) is 0 Å². The number of hydrogen-bond acceptors (Lipinski definition) is 14. The van der Waals surface area contributed by atoms with Crippen molar-refractivity contribution in [3.8, 4) is 126 Å². The third-order valence-electron chi connectivity index (χ3n) is 23.5. The molecule has 1 fully saturated rings. The molecule has 0 unspecified atom stereocenters. The van der Waals surface area contributed by atoms with Crippen LogP contribution in [0.25, 0.3) is 73.7 Å². The Morgan fingerprint density at radius 1 is 0.359 bits per heavy atom. The Hall–Kier alpha value is -12.0. The van der Waals surface area contributed by atoms with Gasteiger partial charge in [-0.1, -0.05) is 246 Å². The van der Waals surface area contributed by atoms with E-state index in [0.29, 0.717) is 57.9 Å². The number of aromatic nitrogens is 9. The van der Waals surface area contributed by atoms with Crippen molar-refractivity contribution < 1.29 is 59.9 Å². The Bertz CT molecular complexity index is 6210. The molecule has 3 N–H and O–H groups in total. The van der Waals surface area contributed by atoms with Crippen LogP contribution in [-0.4, -0.2) is 77.2 Å². The van der Waals surface area contributed by atoms with Gasteiger partial charge in [-0.15, -0.1) is 23.8 Å². The van der Waals surface area contributed by atoms with Crippen LogP contribution in [0.3, 0.4) is 0 Å². The van der Waals surface area contributed by atoms with Gasteiger partial charge in [0.1, 0.15) is 50.8 Å². The summed E-state index contributed by atoms with van der Waals surface area (Å²) in [5, 5.41) is 34.7. The molecule has 0 amide bonds. The van der Waals surface area contributed by atoms with E-state index in [-0.39, 0.29) is 76.3 Å². The fourth-order valence-electron chi connectivity index (χ4n) is 15.3. The number of hydrogen-bond donors (Lipinski definition) is 3. The maximum Gasteiger partial charge on any atom is 0.494 e. The molecule has 16 rings (SSSR count). The molecule has 7 heterocycles. The van der Waals surface area contributed by atoms with Crippen LogP contribution in [-0.2, 0) is 62.9 Å². The molecule has 6 aromatic heterocycles. The fourth-order valence-corrected chi connectivity index (χ4v) is 15.6. The van der Waals surface area contributed by atoms with Crippen molar-refractivity contribution in [1.29, 1.82) is 0 Å². The van der Waals surface area contributed by atoms with Crippen LogP contribution in [0.5, 0.6) is 52.1 Å². The van der Waals surface area contributed by atoms with Gasteiger partial charge in [-0.25, -0.2) is 24.9 Å². The number of phenols is 3. The third kappa shape index (κ3) is 22.6. The molecular formula is C111H122BBrN9O8Pt-. The summed E-state index contributed by atoms with van der Waals surface area (Å²) in [5.41, 5.74) is 16.8. The van der Waals surface area contributed by atoms with Crippen LogP contribution in [0, 0.1) is 26.8 Å². The summed E-state index contributed by atoms with van der Waals surface area (Å²) in [6.07, 6.45) is 5.11. The summed E-state index contributed by atoms with van der Waals surface area (Å²) < 4.78 is 37.0. The number of imidazole rings is 3. The molecule has 20 heteroatoms. The van der Waals surface area contributed by atoms with Crippen molar-refractivity contribution in [3.63, 3.8) is 0 Å². The van der Waals surface area contributed by atoms with Gasteiger partial charge in [0.2, 0.25) is 17.6 Å². The van der Waals surface area contributed by atoms with Crippen molar-refractivity contribution >= 4 is 28.5 Å². The first-order valence-electron chi connectivity index (χ1n) is 44.3. The van der Waals surface area contributed by atoms with E-state index in [4.69, 9.17) is 38.5 Å². The molecule has 131 heavy (non-hydrogen) atoms. The molecule has 0 spiro atoms. The number of ether oxygens (including phenoxy) is 3. The maximum atomic E-state index is 11.7. The normalized spacial score (nSPS) is 13.2. The molecule has 17 nitrogen and oxygen atoms in total. The largest absolute Gasteiger partial charge is 0.507 e. The fraction of sp³-hybridized carbons (Fsp3) is 0.297. The van der Waals surface area contributed by atoms with Crippen molar-refractivity contribution in [2.75, 3.05) is 0 Å². The predicted molar refractivity (Wildman–Crippen MR) is 531 cm³/mol. The number of para-hydroxylation sites is 3. The summed E-state index contributed by atoms with van der Waals surface area (Å²) in [4.78, 5) is 27.9. The molecule has 0 saturated carbocycles. The Morgan fingerprint density at radius 2 is 0.702 bits per heavy atom. The zero-order chi connectivity index (χ0) is 94.0. The second kappa shape index (κ2) is 39.2. The molecule has 1 aliphatic rings. The topological polar surface area (TPSA) is 199 Å². The van der Waals surface area contributed by atoms with Crippen molar-refractivity contribution in [2.45, 2.75) is 217 Å². The summed E-state index contributed by atoms with van der Waals surface area (Å²) in [6.45, 7) is 53.2. The van der Waals surface area contributed by atoms with Gasteiger partial charge >= 0.3 is 7.12 Å². The van der Waals surface area contributed by atoms with Gasteiger partial charge in [0, 0.05) is 120 Å². The summed E-state index contributed by atoms with van der Waals surface area (Å²) in [5.74, 6) is 6.48. The Kier molecular flexibility index (Phi) is 29.3. The van der Waals surface area contributed by atoms with Crippen molar-refractivity contribution in [1.82, 2.24) is 43.6 Å². The first kappa shape index (κ1) is 98.1. The molecule has 0 atom stereocenters. The second-order valence-corrected chi connectivity index (χ2v) is 41.0. The molecule has 680 valence electrons. The number of pyridine rings is 3. The van der Waals surface area contributed by atoms with Crippen LogP contribution in [0.15, 0.2) is 272 Å². The molecule has 0 radical (unpaired) electrons. The number of nitrogens with zero attached hydrogens (tertiary/aromatic N) is 9. The van der Waals surface area contributed by atoms with Gasteiger partial charge in [0.15, 0.2) is 0 Å². The number of aromatic hydroxyl groups is 3. The smallest absolute Gasteiger partial charge is 0.494 e. The van der Waals surface area contributed by atoms with Gasteiger partial charge in [0.05, 0.1) is 39.3 Å². The SMILES string of the molecule is CC1(C)OB(c2cccc(Oc3ccccn3)c2)OC1(C)C.Cc1c(-c2[c-]c(Oc3ccccn3)ccc2)nc(-c2cc(C(C)(C)C)cc(C(C)(C)C)c2O)n1-c1ccccc1.Cc1c(-c2cccc(Oc3ccccn3)c2)nc(-c2cc(C(C)(C)C)cc(C(C)(C)C)c2O)n1-c1ccccc1.Cc1c(Br)nc(-c2cc(C(C)(C)C)cc(C(C)(C)C)c2O)n1-c1ccccc1.[Pt]. The molecular weight excluding hydrogens is 1870 g/mol. The molecule has 1 aliphatic heterocycles. The van der Waals surface area contributed by atoms with E-state index in [0.717, 1.165) is 111 Å². The maximum absolute atomic E-state index is 11.7. The molecule has 1 saturated heterocycles. The van der Waals surface area contributed by atoms with E-state index in [9.17, 15) is 15.3 Å². The minimum absolute atomic E-state index is 0. The van der Waals surface area contributed by atoms with Gasteiger partial charge < -0.3 is 43.4 Å². The molecule has 0 bridgehead atoms. The zero-order valence-corrected chi connectivity index (χ0v) is 83.9. The summed E-state index contributed by atoms with van der Waals surface area (Å²) >= 11 is 3.59. The summed E-state index contributed by atoms with van der Waals surface area (Å²) in [7, 11) is -0.391.